The number of hydrogen-bond acceptors (Lipinski definition) is 7. The molecule has 12 heteroatoms. The van der Waals surface area contributed by atoms with E-state index in [-0.39, 0.29) is 17.2 Å². The number of nitrogens with one attached hydrogen (secondary N) is 1. The fourth-order valence-corrected chi connectivity index (χ4v) is 5.53. The maximum atomic E-state index is 15.1. The fraction of sp³-hybridized carbons (Fsp3) is 0.259. The lowest BCUT2D eigenvalue weighted by atomic mass is 10.2. The Labute approximate surface area is 233 Å². The van der Waals surface area contributed by atoms with Crippen LogP contribution in [0.4, 0.5) is 21.7 Å². The predicted octanol–water partition coefficient (Wildman–Crippen LogP) is 5.15. The Morgan fingerprint density at radius 1 is 1.03 bits per heavy atom. The van der Waals surface area contributed by atoms with Crippen LogP contribution in [0.15, 0.2) is 59.8 Å². The van der Waals surface area contributed by atoms with Gasteiger partial charge in [0.15, 0.2) is 5.65 Å². The van der Waals surface area contributed by atoms with Crippen LogP contribution in [0.3, 0.4) is 0 Å². The number of nitrogens with zero attached hydrogens (tertiary/aromatic N) is 7. The molecular formula is C27H25Cl2FN8O. The molecule has 2 aromatic carbocycles. The van der Waals surface area contributed by atoms with Crippen LogP contribution in [0.2, 0.25) is 10.0 Å². The lowest BCUT2D eigenvalue weighted by Crippen LogP contribution is -2.49. The van der Waals surface area contributed by atoms with Gasteiger partial charge in [0.05, 0.1) is 21.4 Å². The van der Waals surface area contributed by atoms with E-state index in [1.54, 1.807) is 47.1 Å². The summed E-state index contributed by atoms with van der Waals surface area (Å²) in [7, 11) is 0. The molecule has 4 heterocycles. The Morgan fingerprint density at radius 2 is 1.77 bits per heavy atom. The van der Waals surface area contributed by atoms with Gasteiger partial charge in [0.25, 0.3) is 5.56 Å². The topological polar surface area (TPSA) is 83.6 Å². The number of para-hydroxylation sites is 1. The van der Waals surface area contributed by atoms with E-state index < -0.39 is 5.56 Å². The summed E-state index contributed by atoms with van der Waals surface area (Å²) in [5.41, 5.74) is 1.31. The van der Waals surface area contributed by atoms with Gasteiger partial charge in [0, 0.05) is 56.5 Å². The molecular weight excluding hydrogens is 542 g/mol. The number of fused-ring (bicyclic) bond motifs is 3. The summed E-state index contributed by atoms with van der Waals surface area (Å²) in [5, 5.41) is 3.91. The zero-order chi connectivity index (χ0) is 27.3. The third-order valence-electron chi connectivity index (χ3n) is 7.00. The van der Waals surface area contributed by atoms with Crippen molar-refractivity contribution in [1.82, 2.24) is 28.8 Å². The summed E-state index contributed by atoms with van der Waals surface area (Å²) in [5.74, 6) is 0.179. The first-order valence-corrected chi connectivity index (χ1v) is 13.3. The molecule has 0 unspecified atom stereocenters. The average molecular weight is 567 g/mol. The van der Waals surface area contributed by atoms with E-state index in [1.807, 2.05) is 0 Å². The molecule has 6 rings (SSSR count). The molecule has 1 fully saturated rings. The van der Waals surface area contributed by atoms with Crippen molar-refractivity contribution in [2.24, 2.45) is 0 Å². The van der Waals surface area contributed by atoms with Gasteiger partial charge in [-0.15, -0.1) is 0 Å². The van der Waals surface area contributed by atoms with Crippen molar-refractivity contribution in [2.45, 2.75) is 19.9 Å². The molecule has 1 aliphatic rings. The first-order chi connectivity index (χ1) is 18.8. The molecule has 1 aliphatic heterocycles. The molecule has 0 atom stereocenters. The lowest BCUT2D eigenvalue weighted by Gasteiger charge is -2.38. The number of halogens is 3. The zero-order valence-electron chi connectivity index (χ0n) is 21.3. The second-order valence-corrected chi connectivity index (χ2v) is 10.5. The molecule has 0 bridgehead atoms. The highest BCUT2D eigenvalue weighted by atomic mass is 35.5. The minimum absolute atomic E-state index is 0.211. The molecule has 3 aromatic heterocycles. The molecule has 0 aliphatic carbocycles. The molecule has 0 radical (unpaired) electrons. The highest BCUT2D eigenvalue weighted by Crippen LogP contribution is 2.30. The third-order valence-corrected chi connectivity index (χ3v) is 7.61. The standard InChI is InChI=1S/C27H25Cl2FN8O/c1-16(2)35-10-12-36(13-11-35)22-7-6-17(14-21(22)30)33-26-32-15-18-24(34-26)37-9-8-31-27(37)38(25(18)39)23-19(28)4-3-5-20(23)29/h3-9,14-16H,10-13H2,1-2H3,(H,32,33,34). The van der Waals surface area contributed by atoms with Gasteiger partial charge >= 0.3 is 0 Å². The van der Waals surface area contributed by atoms with E-state index in [9.17, 15) is 4.79 Å². The zero-order valence-corrected chi connectivity index (χ0v) is 22.8. The largest absolute Gasteiger partial charge is 0.367 e. The van der Waals surface area contributed by atoms with Crippen LogP contribution in [0.1, 0.15) is 13.8 Å². The Balaban J connectivity index is 1.33. The first-order valence-electron chi connectivity index (χ1n) is 12.6. The predicted molar refractivity (Wildman–Crippen MR) is 153 cm³/mol. The van der Waals surface area contributed by atoms with Gasteiger partial charge in [0.2, 0.25) is 11.7 Å². The van der Waals surface area contributed by atoms with E-state index in [4.69, 9.17) is 23.2 Å². The van der Waals surface area contributed by atoms with Crippen LogP contribution in [-0.4, -0.2) is 61.0 Å². The maximum Gasteiger partial charge on any atom is 0.270 e. The minimum Gasteiger partial charge on any atom is -0.367 e. The second kappa shape index (κ2) is 10.1. The molecule has 1 saturated heterocycles. The van der Waals surface area contributed by atoms with Gasteiger partial charge in [-0.1, -0.05) is 29.3 Å². The Kier molecular flexibility index (Phi) is 6.62. The molecule has 39 heavy (non-hydrogen) atoms. The molecule has 0 spiro atoms. The summed E-state index contributed by atoms with van der Waals surface area (Å²) >= 11 is 12.8. The van der Waals surface area contributed by atoms with Crippen LogP contribution < -0.4 is 15.8 Å². The summed E-state index contributed by atoms with van der Waals surface area (Å²) in [6, 6.07) is 10.5. The van der Waals surface area contributed by atoms with Crippen LogP contribution in [0.25, 0.3) is 22.5 Å². The highest BCUT2D eigenvalue weighted by molar-refractivity contribution is 6.37. The van der Waals surface area contributed by atoms with Crippen molar-refractivity contribution in [2.75, 3.05) is 36.4 Å². The van der Waals surface area contributed by atoms with Crippen LogP contribution in [-0.2, 0) is 0 Å². The van der Waals surface area contributed by atoms with Crippen LogP contribution in [0, 0.1) is 5.82 Å². The SMILES string of the molecule is CC(C)N1CCN(c2ccc(Nc3ncc4c(=O)n(-c5c(Cl)cccc5Cl)c5nccn5c4n3)cc2F)CC1. The van der Waals surface area contributed by atoms with Gasteiger partial charge in [0.1, 0.15) is 11.2 Å². The molecule has 1 N–H and O–H groups in total. The maximum absolute atomic E-state index is 15.1. The molecule has 0 amide bonds. The minimum atomic E-state index is -0.418. The van der Waals surface area contributed by atoms with Gasteiger partial charge in [-0.2, -0.15) is 4.98 Å². The summed E-state index contributed by atoms with van der Waals surface area (Å²) < 4.78 is 18.1. The van der Waals surface area contributed by atoms with Crippen molar-refractivity contribution in [3.63, 3.8) is 0 Å². The number of piperazine rings is 1. The fourth-order valence-electron chi connectivity index (χ4n) is 4.96. The van der Waals surface area contributed by atoms with Gasteiger partial charge < -0.3 is 10.2 Å². The first kappa shape index (κ1) is 25.5. The van der Waals surface area contributed by atoms with Crippen molar-refractivity contribution in [3.8, 4) is 5.69 Å². The van der Waals surface area contributed by atoms with E-state index >= 15 is 4.39 Å². The molecule has 9 nitrogen and oxygen atoms in total. The Morgan fingerprint density at radius 3 is 2.46 bits per heavy atom. The monoisotopic (exact) mass is 566 g/mol. The number of hydrogen-bond donors (Lipinski definition) is 1. The number of aromatic nitrogens is 5. The molecule has 0 saturated carbocycles. The number of imidazole rings is 1. The van der Waals surface area contributed by atoms with Gasteiger partial charge in [-0.25, -0.2) is 18.9 Å². The number of benzene rings is 2. The van der Waals surface area contributed by atoms with Crippen molar-refractivity contribution >= 4 is 57.3 Å². The van der Waals surface area contributed by atoms with Gasteiger partial charge in [-0.05, 0) is 44.2 Å². The van der Waals surface area contributed by atoms with E-state index in [1.165, 1.54) is 16.8 Å². The van der Waals surface area contributed by atoms with Crippen molar-refractivity contribution in [3.05, 3.63) is 81.2 Å². The highest BCUT2D eigenvalue weighted by Gasteiger charge is 2.22. The van der Waals surface area contributed by atoms with Crippen LogP contribution >= 0.6 is 23.2 Å². The Bertz CT molecular complexity index is 1740. The quantitative estimate of drug-likeness (QED) is 0.315. The lowest BCUT2D eigenvalue weighted by molar-refractivity contribution is 0.209. The van der Waals surface area contributed by atoms with E-state index in [0.29, 0.717) is 44.6 Å². The van der Waals surface area contributed by atoms with Crippen LogP contribution in [0.5, 0.6) is 0 Å². The number of rotatable bonds is 5. The van der Waals surface area contributed by atoms with Crippen molar-refractivity contribution < 1.29 is 4.39 Å². The molecule has 200 valence electrons. The number of anilines is 3. The molecule has 5 aromatic rings. The third kappa shape index (κ3) is 4.58. The summed E-state index contributed by atoms with van der Waals surface area (Å²) in [6.45, 7) is 7.69. The van der Waals surface area contributed by atoms with E-state index in [2.05, 4.69) is 43.9 Å². The van der Waals surface area contributed by atoms with E-state index in [0.717, 1.165) is 26.2 Å². The van der Waals surface area contributed by atoms with Crippen molar-refractivity contribution in [1.29, 1.82) is 0 Å². The summed E-state index contributed by atoms with van der Waals surface area (Å²) in [6.07, 6.45) is 4.66. The Hall–Kier alpha value is -3.73. The normalized spacial score (nSPS) is 14.6. The smallest absolute Gasteiger partial charge is 0.270 e. The van der Waals surface area contributed by atoms with Gasteiger partial charge in [-0.3, -0.25) is 14.1 Å². The second-order valence-electron chi connectivity index (χ2n) is 9.65. The summed E-state index contributed by atoms with van der Waals surface area (Å²) in [4.78, 5) is 31.2. The average Bonchev–Trinajstić information content (AvgIpc) is 3.40.